The number of fused-ring (bicyclic) bond motifs is 1. The minimum atomic E-state index is -0.440. The highest BCUT2D eigenvalue weighted by atomic mass is 32.2. The largest absolute Gasteiger partial charge is 0.334 e. The Bertz CT molecular complexity index is 1250. The van der Waals surface area contributed by atoms with Crippen LogP contribution in [0.5, 0.6) is 0 Å². The van der Waals surface area contributed by atoms with Crippen LogP contribution >= 0.6 is 23.1 Å². The summed E-state index contributed by atoms with van der Waals surface area (Å²) in [7, 11) is 0. The third-order valence-electron chi connectivity index (χ3n) is 4.13. The highest BCUT2D eigenvalue weighted by Gasteiger charge is 2.17. The van der Waals surface area contributed by atoms with Crippen molar-refractivity contribution in [2.24, 2.45) is 0 Å². The van der Waals surface area contributed by atoms with Gasteiger partial charge in [-0.05, 0) is 23.8 Å². The Kier molecular flexibility index (Phi) is 5.32. The molecule has 0 bridgehead atoms. The predicted molar refractivity (Wildman–Crippen MR) is 115 cm³/mol. The van der Waals surface area contributed by atoms with Gasteiger partial charge in [-0.1, -0.05) is 48.2 Å². The minimum Gasteiger partial charge on any atom is -0.334 e. The first-order valence-corrected chi connectivity index (χ1v) is 10.4. The molecule has 3 N–H and O–H groups in total. The minimum absolute atomic E-state index is 0.0252. The van der Waals surface area contributed by atoms with Crippen molar-refractivity contribution >= 4 is 44.9 Å². The van der Waals surface area contributed by atoms with Crippen molar-refractivity contribution in [1.29, 1.82) is 0 Å². The fourth-order valence-corrected chi connectivity index (χ4v) is 4.52. The number of anilines is 1. The third kappa shape index (κ3) is 4.01. The summed E-state index contributed by atoms with van der Waals surface area (Å²) in [6, 6.07) is 15.1. The Labute approximate surface area is 173 Å². The second-order valence-electron chi connectivity index (χ2n) is 6.11. The smallest absolute Gasteiger partial charge is 0.282 e. The summed E-state index contributed by atoms with van der Waals surface area (Å²) < 4.78 is 14.2. The molecule has 0 aliphatic rings. The molecule has 2 aromatic carbocycles. The van der Waals surface area contributed by atoms with Gasteiger partial charge in [0.05, 0.1) is 11.1 Å². The molecule has 9 heteroatoms. The van der Waals surface area contributed by atoms with Crippen molar-refractivity contribution < 1.29 is 9.18 Å². The number of nitrogens with zero attached hydrogens (tertiary/aromatic N) is 2. The van der Waals surface area contributed by atoms with Crippen molar-refractivity contribution in [1.82, 2.24) is 9.66 Å². The standard InChI is InChI=1S/C20H15FN4O2S2/c21-13-7-4-8-14(9-13)23-16(26)11-29-20-24-18-17(19(27)25(20)22)15(10-28-18)12-5-2-1-3-6-12/h1-10H,11,22H2,(H,23,26). The van der Waals surface area contributed by atoms with E-state index in [9.17, 15) is 14.0 Å². The molecule has 29 heavy (non-hydrogen) atoms. The normalized spacial score (nSPS) is 10.9. The monoisotopic (exact) mass is 426 g/mol. The Morgan fingerprint density at radius 1 is 1.21 bits per heavy atom. The van der Waals surface area contributed by atoms with Gasteiger partial charge in [0.15, 0.2) is 5.16 Å². The van der Waals surface area contributed by atoms with Crippen LogP contribution in [0.25, 0.3) is 21.3 Å². The molecule has 0 saturated heterocycles. The average molecular weight is 426 g/mol. The first-order valence-electron chi connectivity index (χ1n) is 8.56. The number of aromatic nitrogens is 2. The second-order valence-corrected chi connectivity index (χ2v) is 7.91. The Morgan fingerprint density at radius 2 is 2.00 bits per heavy atom. The van der Waals surface area contributed by atoms with Crippen LogP contribution in [0.2, 0.25) is 0 Å². The Morgan fingerprint density at radius 3 is 2.76 bits per heavy atom. The van der Waals surface area contributed by atoms with Gasteiger partial charge < -0.3 is 11.2 Å². The van der Waals surface area contributed by atoms with Crippen LogP contribution in [-0.4, -0.2) is 21.3 Å². The highest BCUT2D eigenvalue weighted by Crippen LogP contribution is 2.31. The van der Waals surface area contributed by atoms with Gasteiger partial charge in [-0.2, -0.15) is 0 Å². The summed E-state index contributed by atoms with van der Waals surface area (Å²) >= 11 is 2.39. The first-order chi connectivity index (χ1) is 14.0. The van der Waals surface area contributed by atoms with Gasteiger partial charge in [0.25, 0.3) is 5.56 Å². The van der Waals surface area contributed by atoms with E-state index in [1.165, 1.54) is 29.5 Å². The first kappa shape index (κ1) is 19.2. The number of thioether (sulfide) groups is 1. The summed E-state index contributed by atoms with van der Waals surface area (Å²) in [5, 5.41) is 5.16. The van der Waals surface area contributed by atoms with E-state index in [1.54, 1.807) is 6.07 Å². The fraction of sp³-hybridized carbons (Fsp3) is 0.0500. The quantitative estimate of drug-likeness (QED) is 0.288. The van der Waals surface area contributed by atoms with E-state index in [0.717, 1.165) is 27.6 Å². The predicted octanol–water partition coefficient (Wildman–Crippen LogP) is 3.71. The second kappa shape index (κ2) is 8.06. The van der Waals surface area contributed by atoms with E-state index in [2.05, 4.69) is 10.3 Å². The van der Waals surface area contributed by atoms with Crippen LogP contribution in [0.3, 0.4) is 0 Å². The number of thiophene rings is 1. The molecule has 2 heterocycles. The van der Waals surface area contributed by atoms with E-state index in [4.69, 9.17) is 5.84 Å². The Hall–Kier alpha value is -3.17. The van der Waals surface area contributed by atoms with Gasteiger partial charge in [-0.15, -0.1) is 11.3 Å². The summed E-state index contributed by atoms with van der Waals surface area (Å²) in [5.41, 5.74) is 1.67. The van der Waals surface area contributed by atoms with Crippen molar-refractivity contribution in [3.63, 3.8) is 0 Å². The highest BCUT2D eigenvalue weighted by molar-refractivity contribution is 7.99. The van der Waals surface area contributed by atoms with Crippen LogP contribution < -0.4 is 16.7 Å². The molecule has 0 atom stereocenters. The molecule has 1 amide bonds. The zero-order valence-electron chi connectivity index (χ0n) is 15.0. The Balaban J connectivity index is 1.56. The molecule has 6 nitrogen and oxygen atoms in total. The van der Waals surface area contributed by atoms with Gasteiger partial charge in [0.2, 0.25) is 5.91 Å². The van der Waals surface area contributed by atoms with E-state index < -0.39 is 5.82 Å². The van der Waals surface area contributed by atoms with Crippen LogP contribution in [0, 0.1) is 5.82 Å². The maximum absolute atomic E-state index is 13.2. The van der Waals surface area contributed by atoms with Crippen LogP contribution in [-0.2, 0) is 4.79 Å². The number of rotatable bonds is 5. The molecule has 0 unspecified atom stereocenters. The molecule has 2 aromatic heterocycles. The lowest BCUT2D eigenvalue weighted by atomic mass is 10.1. The van der Waals surface area contributed by atoms with Crippen molar-refractivity contribution in [2.75, 3.05) is 16.9 Å². The number of nitrogen functional groups attached to an aromatic ring is 1. The molecule has 0 spiro atoms. The molecular formula is C20H15FN4O2S2. The maximum Gasteiger partial charge on any atom is 0.282 e. The summed E-state index contributed by atoms with van der Waals surface area (Å²) in [5.74, 6) is 5.14. The lowest BCUT2D eigenvalue weighted by molar-refractivity contribution is -0.113. The number of nitrogens with one attached hydrogen (secondary N) is 1. The van der Waals surface area contributed by atoms with E-state index in [1.807, 2.05) is 35.7 Å². The topological polar surface area (TPSA) is 90.0 Å². The zero-order valence-corrected chi connectivity index (χ0v) is 16.6. The molecule has 4 rings (SSSR count). The van der Waals surface area contributed by atoms with Gasteiger partial charge >= 0.3 is 0 Å². The number of hydrogen-bond acceptors (Lipinski definition) is 6. The number of nitrogens with two attached hydrogens (primary N) is 1. The summed E-state index contributed by atoms with van der Waals surface area (Å²) in [6.45, 7) is 0. The van der Waals surface area contributed by atoms with Gasteiger partial charge in [0.1, 0.15) is 10.6 Å². The molecule has 0 aliphatic carbocycles. The van der Waals surface area contributed by atoms with Gasteiger partial charge in [-0.25, -0.2) is 14.1 Å². The molecule has 0 fully saturated rings. The molecular weight excluding hydrogens is 411 g/mol. The lowest BCUT2D eigenvalue weighted by Gasteiger charge is -2.08. The third-order valence-corrected chi connectivity index (χ3v) is 5.96. The summed E-state index contributed by atoms with van der Waals surface area (Å²) in [4.78, 5) is 30.0. The van der Waals surface area contributed by atoms with E-state index in [-0.39, 0.29) is 22.4 Å². The van der Waals surface area contributed by atoms with Gasteiger partial charge in [-0.3, -0.25) is 9.59 Å². The number of halogens is 1. The number of carbonyl (C=O) groups excluding carboxylic acids is 1. The average Bonchev–Trinajstić information content (AvgIpc) is 3.14. The van der Waals surface area contributed by atoms with Crippen molar-refractivity contribution in [2.45, 2.75) is 5.16 Å². The lowest BCUT2D eigenvalue weighted by Crippen LogP contribution is -2.30. The molecule has 4 aromatic rings. The number of hydrogen-bond donors (Lipinski definition) is 2. The van der Waals surface area contributed by atoms with Gasteiger partial charge in [0, 0.05) is 16.6 Å². The van der Waals surface area contributed by atoms with E-state index >= 15 is 0 Å². The number of carbonyl (C=O) groups is 1. The zero-order chi connectivity index (χ0) is 20.4. The molecule has 146 valence electrons. The van der Waals surface area contributed by atoms with Crippen molar-refractivity contribution in [3.8, 4) is 11.1 Å². The maximum atomic E-state index is 13.2. The van der Waals surface area contributed by atoms with Crippen LogP contribution in [0.4, 0.5) is 10.1 Å². The van der Waals surface area contributed by atoms with Crippen LogP contribution in [0.15, 0.2) is 69.9 Å². The summed E-state index contributed by atoms with van der Waals surface area (Å²) in [6.07, 6.45) is 0. The molecule has 0 aliphatic heterocycles. The molecule has 0 radical (unpaired) electrons. The number of amides is 1. The fourth-order valence-electron chi connectivity index (χ4n) is 2.81. The SMILES string of the molecule is Nn1c(SCC(=O)Nc2cccc(F)c2)nc2scc(-c3ccccc3)c2c1=O. The van der Waals surface area contributed by atoms with Crippen LogP contribution in [0.1, 0.15) is 0 Å². The molecule has 0 saturated carbocycles. The van der Waals surface area contributed by atoms with Crippen molar-refractivity contribution in [3.05, 3.63) is 76.1 Å². The van der Waals surface area contributed by atoms with E-state index in [0.29, 0.717) is 15.9 Å². The number of benzene rings is 2.